The number of hydrogen-bond donors (Lipinski definition) is 2. The van der Waals surface area contributed by atoms with Gasteiger partial charge in [-0.15, -0.1) is 0 Å². The highest BCUT2D eigenvalue weighted by atomic mass is 16.3. The van der Waals surface area contributed by atoms with E-state index in [1.807, 2.05) is 20.8 Å². The lowest BCUT2D eigenvalue weighted by atomic mass is 10.1. The van der Waals surface area contributed by atoms with Gasteiger partial charge >= 0.3 is 5.69 Å². The summed E-state index contributed by atoms with van der Waals surface area (Å²) in [5.41, 5.74) is -0.259. The summed E-state index contributed by atoms with van der Waals surface area (Å²) in [6.07, 6.45) is 0.818. The first-order chi connectivity index (χ1) is 7.29. The zero-order valence-corrected chi connectivity index (χ0v) is 10.3. The van der Waals surface area contributed by atoms with Gasteiger partial charge in [0, 0.05) is 19.1 Å². The molecule has 92 valence electrons. The SMILES string of the molecule is Cn1cnn(CC(O)CNC(C)(C)C)c1=O. The van der Waals surface area contributed by atoms with E-state index >= 15 is 0 Å². The highest BCUT2D eigenvalue weighted by molar-refractivity contribution is 4.74. The zero-order valence-electron chi connectivity index (χ0n) is 10.3. The number of hydrogen-bond acceptors (Lipinski definition) is 4. The van der Waals surface area contributed by atoms with Crippen LogP contribution in [0, 0.1) is 0 Å². The Kier molecular flexibility index (Phi) is 3.88. The van der Waals surface area contributed by atoms with Crippen molar-refractivity contribution < 1.29 is 5.11 Å². The minimum absolute atomic E-state index is 0.0456. The molecule has 6 heteroatoms. The van der Waals surface area contributed by atoms with E-state index < -0.39 is 6.10 Å². The second kappa shape index (κ2) is 4.80. The number of rotatable bonds is 4. The molecule has 1 aromatic rings. The molecule has 0 saturated carbocycles. The highest BCUT2D eigenvalue weighted by Crippen LogP contribution is 1.98. The molecule has 0 aromatic carbocycles. The third-order valence-corrected chi connectivity index (χ3v) is 2.14. The van der Waals surface area contributed by atoms with Crippen LogP contribution >= 0.6 is 0 Å². The van der Waals surface area contributed by atoms with Gasteiger partial charge in [0.15, 0.2) is 0 Å². The van der Waals surface area contributed by atoms with Crippen LogP contribution in [0.15, 0.2) is 11.1 Å². The molecule has 0 fully saturated rings. The monoisotopic (exact) mass is 228 g/mol. The summed E-state index contributed by atoms with van der Waals surface area (Å²) in [7, 11) is 1.63. The minimum atomic E-state index is -0.619. The Morgan fingerprint density at radius 3 is 2.62 bits per heavy atom. The summed E-state index contributed by atoms with van der Waals surface area (Å²) in [4.78, 5) is 11.4. The van der Waals surface area contributed by atoms with Crippen LogP contribution in [0.2, 0.25) is 0 Å². The van der Waals surface area contributed by atoms with E-state index in [-0.39, 0.29) is 17.8 Å². The molecule has 0 radical (unpaired) electrons. The predicted molar refractivity (Wildman–Crippen MR) is 61.2 cm³/mol. The molecule has 1 unspecified atom stereocenters. The lowest BCUT2D eigenvalue weighted by Crippen LogP contribution is -2.43. The molecule has 1 atom stereocenters. The van der Waals surface area contributed by atoms with Crippen molar-refractivity contribution in [3.8, 4) is 0 Å². The van der Waals surface area contributed by atoms with Gasteiger partial charge in [-0.3, -0.25) is 4.57 Å². The largest absolute Gasteiger partial charge is 0.390 e. The van der Waals surface area contributed by atoms with Crippen LogP contribution in [-0.4, -0.2) is 37.6 Å². The molecular formula is C10H20N4O2. The molecule has 2 N–H and O–H groups in total. The first-order valence-corrected chi connectivity index (χ1v) is 5.31. The van der Waals surface area contributed by atoms with Crippen molar-refractivity contribution in [2.45, 2.75) is 39.0 Å². The summed E-state index contributed by atoms with van der Waals surface area (Å²) in [6.45, 7) is 6.71. The zero-order chi connectivity index (χ0) is 12.3. The van der Waals surface area contributed by atoms with E-state index in [1.54, 1.807) is 7.05 Å². The van der Waals surface area contributed by atoms with Crippen LogP contribution in [0.1, 0.15) is 20.8 Å². The van der Waals surface area contributed by atoms with Crippen molar-refractivity contribution in [3.05, 3.63) is 16.8 Å². The average Bonchev–Trinajstić information content (AvgIpc) is 2.46. The quantitative estimate of drug-likeness (QED) is 0.717. The summed E-state index contributed by atoms with van der Waals surface area (Å²) in [5, 5.41) is 16.8. The van der Waals surface area contributed by atoms with Crippen LogP contribution in [0.3, 0.4) is 0 Å². The standard InChI is InChI=1S/C10H20N4O2/c1-10(2,3)11-5-8(15)6-14-9(16)13(4)7-12-14/h7-8,11,15H,5-6H2,1-4H3. The lowest BCUT2D eigenvalue weighted by Gasteiger charge is -2.22. The second-order valence-electron chi connectivity index (χ2n) is 4.99. The van der Waals surface area contributed by atoms with E-state index in [0.717, 1.165) is 0 Å². The number of nitrogens with zero attached hydrogens (tertiary/aromatic N) is 3. The van der Waals surface area contributed by atoms with Crippen molar-refractivity contribution in [2.24, 2.45) is 7.05 Å². The normalized spacial score (nSPS) is 14.1. The second-order valence-corrected chi connectivity index (χ2v) is 4.99. The number of β-amino-alcohol motifs (C(OH)–C–C–N with tert-alkyl or cyclic N) is 1. The third-order valence-electron chi connectivity index (χ3n) is 2.14. The van der Waals surface area contributed by atoms with Gasteiger partial charge in [0.1, 0.15) is 6.33 Å². The topological polar surface area (TPSA) is 72.1 Å². The first kappa shape index (κ1) is 12.9. The maximum absolute atomic E-state index is 11.4. The minimum Gasteiger partial charge on any atom is -0.390 e. The first-order valence-electron chi connectivity index (χ1n) is 5.31. The molecule has 0 spiro atoms. The maximum Gasteiger partial charge on any atom is 0.345 e. The van der Waals surface area contributed by atoms with Crippen molar-refractivity contribution in [3.63, 3.8) is 0 Å². The summed E-state index contributed by atoms with van der Waals surface area (Å²) in [6, 6.07) is 0. The van der Waals surface area contributed by atoms with Gasteiger partial charge in [-0.2, -0.15) is 5.10 Å². The summed E-state index contributed by atoms with van der Waals surface area (Å²) < 4.78 is 2.64. The molecule has 16 heavy (non-hydrogen) atoms. The fraction of sp³-hybridized carbons (Fsp3) is 0.800. The van der Waals surface area contributed by atoms with Crippen molar-refractivity contribution in [1.82, 2.24) is 19.7 Å². The van der Waals surface area contributed by atoms with Gasteiger partial charge in [0.05, 0.1) is 12.6 Å². The fourth-order valence-electron chi connectivity index (χ4n) is 1.23. The molecule has 0 amide bonds. The maximum atomic E-state index is 11.4. The third kappa shape index (κ3) is 3.79. The van der Waals surface area contributed by atoms with Crippen LogP contribution in [0.25, 0.3) is 0 Å². The number of aliphatic hydroxyl groups excluding tert-OH is 1. The molecular weight excluding hydrogens is 208 g/mol. The summed E-state index contributed by atoms with van der Waals surface area (Å²) >= 11 is 0. The molecule has 1 rings (SSSR count). The van der Waals surface area contributed by atoms with E-state index in [9.17, 15) is 9.90 Å². The Hall–Kier alpha value is -1.14. The van der Waals surface area contributed by atoms with E-state index in [2.05, 4.69) is 10.4 Å². The molecule has 0 saturated heterocycles. The Morgan fingerprint density at radius 1 is 1.56 bits per heavy atom. The number of aromatic nitrogens is 3. The van der Waals surface area contributed by atoms with Crippen LogP contribution in [0.5, 0.6) is 0 Å². The van der Waals surface area contributed by atoms with Gasteiger partial charge in [-0.25, -0.2) is 9.48 Å². The van der Waals surface area contributed by atoms with Crippen LogP contribution < -0.4 is 11.0 Å². The van der Waals surface area contributed by atoms with Crippen molar-refractivity contribution in [2.75, 3.05) is 6.54 Å². The summed E-state index contributed by atoms with van der Waals surface area (Å²) in [5.74, 6) is 0. The Labute approximate surface area is 94.9 Å². The van der Waals surface area contributed by atoms with Gasteiger partial charge < -0.3 is 10.4 Å². The molecule has 0 bridgehead atoms. The van der Waals surface area contributed by atoms with Crippen molar-refractivity contribution in [1.29, 1.82) is 0 Å². The van der Waals surface area contributed by atoms with Gasteiger partial charge in [-0.1, -0.05) is 0 Å². The molecule has 1 aromatic heterocycles. The Balaban J connectivity index is 2.49. The lowest BCUT2D eigenvalue weighted by molar-refractivity contribution is 0.136. The van der Waals surface area contributed by atoms with Gasteiger partial charge in [0.25, 0.3) is 0 Å². The number of nitrogens with one attached hydrogen (secondary N) is 1. The van der Waals surface area contributed by atoms with Crippen molar-refractivity contribution >= 4 is 0 Å². The highest BCUT2D eigenvalue weighted by Gasteiger charge is 2.13. The average molecular weight is 228 g/mol. The molecule has 0 aliphatic rings. The van der Waals surface area contributed by atoms with Gasteiger partial charge in [-0.05, 0) is 20.8 Å². The number of aryl methyl sites for hydroxylation is 1. The smallest absolute Gasteiger partial charge is 0.345 e. The predicted octanol–water partition coefficient (Wildman–Crippen LogP) is -0.669. The molecule has 0 aliphatic carbocycles. The molecule has 0 aliphatic heterocycles. The molecule has 6 nitrogen and oxygen atoms in total. The van der Waals surface area contributed by atoms with Crippen LogP contribution in [0.4, 0.5) is 0 Å². The van der Waals surface area contributed by atoms with Crippen LogP contribution in [-0.2, 0) is 13.6 Å². The van der Waals surface area contributed by atoms with E-state index in [1.165, 1.54) is 15.6 Å². The fourth-order valence-corrected chi connectivity index (χ4v) is 1.23. The number of aliphatic hydroxyl groups is 1. The van der Waals surface area contributed by atoms with E-state index in [0.29, 0.717) is 6.54 Å². The Bertz CT molecular complexity index is 388. The van der Waals surface area contributed by atoms with Gasteiger partial charge in [0.2, 0.25) is 0 Å². The van der Waals surface area contributed by atoms with E-state index in [4.69, 9.17) is 0 Å². The molecule has 1 heterocycles. The Morgan fingerprint density at radius 2 is 2.19 bits per heavy atom.